The Morgan fingerprint density at radius 1 is 1.32 bits per heavy atom. The van der Waals surface area contributed by atoms with Crippen molar-refractivity contribution >= 4 is 17.5 Å². The molecule has 1 amide bonds. The fourth-order valence-electron chi connectivity index (χ4n) is 4.51. The number of nitrogens with zero attached hydrogens (tertiary/aromatic N) is 2. The maximum atomic E-state index is 11.6. The van der Waals surface area contributed by atoms with Crippen molar-refractivity contribution in [3.05, 3.63) is 16.4 Å². The monoisotopic (exact) mass is 367 g/mol. The smallest absolute Gasteiger partial charge is 0.217 e. The first kappa shape index (κ1) is 18.7. The molecule has 3 rings (SSSR count). The van der Waals surface area contributed by atoms with Gasteiger partial charge < -0.3 is 10.1 Å². The summed E-state index contributed by atoms with van der Waals surface area (Å²) < 4.78 is 8.30. The number of hydrogen-bond acceptors (Lipinski definition) is 3. The largest absolute Gasteiger partial charge is 0.370 e. The lowest BCUT2D eigenvalue weighted by Gasteiger charge is -2.40. The molecule has 0 unspecified atom stereocenters. The van der Waals surface area contributed by atoms with Crippen molar-refractivity contribution in [1.29, 1.82) is 0 Å². The molecule has 0 bridgehead atoms. The van der Waals surface area contributed by atoms with Gasteiger partial charge >= 0.3 is 0 Å². The predicted molar refractivity (Wildman–Crippen MR) is 98.6 cm³/mol. The van der Waals surface area contributed by atoms with Gasteiger partial charge in [0.25, 0.3) is 0 Å². The number of halogens is 1. The van der Waals surface area contributed by atoms with Gasteiger partial charge in [-0.15, -0.1) is 0 Å². The van der Waals surface area contributed by atoms with Crippen molar-refractivity contribution in [2.24, 2.45) is 13.0 Å². The Labute approximate surface area is 155 Å². The molecule has 1 aromatic rings. The van der Waals surface area contributed by atoms with Gasteiger partial charge in [0.15, 0.2) is 0 Å². The number of aryl methyl sites for hydroxylation is 2. The molecule has 2 heterocycles. The van der Waals surface area contributed by atoms with Gasteiger partial charge in [0.2, 0.25) is 5.91 Å². The highest BCUT2D eigenvalue weighted by molar-refractivity contribution is 6.30. The van der Waals surface area contributed by atoms with Crippen LogP contribution in [0.4, 0.5) is 0 Å². The van der Waals surface area contributed by atoms with Crippen LogP contribution in [0.15, 0.2) is 0 Å². The summed E-state index contributed by atoms with van der Waals surface area (Å²) >= 11 is 6.55. The summed E-state index contributed by atoms with van der Waals surface area (Å²) in [4.78, 5) is 11.6. The molecule has 25 heavy (non-hydrogen) atoms. The molecule has 2 aliphatic rings. The Balaban J connectivity index is 1.85. The second-order valence-electron chi connectivity index (χ2n) is 7.56. The quantitative estimate of drug-likeness (QED) is 0.876. The summed E-state index contributed by atoms with van der Waals surface area (Å²) in [6, 6.07) is 0.143. The van der Waals surface area contributed by atoms with Crippen molar-refractivity contribution in [2.45, 2.75) is 83.5 Å². The van der Waals surface area contributed by atoms with E-state index in [9.17, 15) is 4.79 Å². The van der Waals surface area contributed by atoms with Crippen LogP contribution < -0.4 is 5.32 Å². The van der Waals surface area contributed by atoms with Crippen LogP contribution in [0, 0.1) is 5.92 Å². The van der Waals surface area contributed by atoms with Crippen LogP contribution in [0.3, 0.4) is 0 Å². The molecule has 1 saturated heterocycles. The Bertz CT molecular complexity index is 610. The van der Waals surface area contributed by atoms with Crippen LogP contribution in [0.5, 0.6) is 0 Å². The van der Waals surface area contributed by atoms with E-state index in [4.69, 9.17) is 16.3 Å². The van der Waals surface area contributed by atoms with E-state index in [1.165, 1.54) is 32.1 Å². The topological polar surface area (TPSA) is 56.2 Å². The summed E-state index contributed by atoms with van der Waals surface area (Å²) in [5.74, 6) is 0.620. The van der Waals surface area contributed by atoms with Crippen molar-refractivity contribution in [2.75, 3.05) is 0 Å². The van der Waals surface area contributed by atoms with Crippen molar-refractivity contribution < 1.29 is 9.53 Å². The lowest BCUT2D eigenvalue weighted by Crippen LogP contribution is -2.45. The van der Waals surface area contributed by atoms with Crippen LogP contribution in [0.25, 0.3) is 0 Å². The number of carbonyl (C=O) groups is 1. The second kappa shape index (κ2) is 8.09. The fraction of sp³-hybridized carbons (Fsp3) is 0.789. The zero-order valence-electron chi connectivity index (χ0n) is 15.6. The summed E-state index contributed by atoms with van der Waals surface area (Å²) in [7, 11) is 1.87. The van der Waals surface area contributed by atoms with Crippen LogP contribution in [0.2, 0.25) is 5.15 Å². The Morgan fingerprint density at radius 2 is 2.04 bits per heavy atom. The molecule has 1 aromatic heterocycles. The number of hydrogen-bond donors (Lipinski definition) is 1. The molecule has 1 saturated carbocycles. The number of aromatic nitrogens is 2. The molecular formula is C19H30ClN3O2. The Kier molecular flexibility index (Phi) is 6.05. The number of rotatable bonds is 4. The molecule has 1 aliphatic heterocycles. The van der Waals surface area contributed by atoms with E-state index in [1.54, 1.807) is 11.6 Å². The average molecular weight is 368 g/mol. The van der Waals surface area contributed by atoms with E-state index >= 15 is 0 Å². The number of carbonyl (C=O) groups excluding carboxylic acids is 1. The van der Waals surface area contributed by atoms with Crippen LogP contribution in [-0.4, -0.2) is 27.8 Å². The zero-order chi connectivity index (χ0) is 18.0. The van der Waals surface area contributed by atoms with Gasteiger partial charge in [0.05, 0.1) is 17.9 Å². The third kappa shape index (κ3) is 4.20. The Hall–Kier alpha value is -1.07. The molecule has 1 aliphatic carbocycles. The van der Waals surface area contributed by atoms with E-state index in [1.807, 2.05) is 7.05 Å². The molecule has 6 heteroatoms. The van der Waals surface area contributed by atoms with Gasteiger partial charge in [-0.05, 0) is 38.0 Å². The van der Waals surface area contributed by atoms with E-state index in [0.717, 1.165) is 30.5 Å². The molecule has 0 radical (unpaired) electrons. The van der Waals surface area contributed by atoms with Gasteiger partial charge in [0, 0.05) is 25.6 Å². The molecule has 1 N–H and O–H groups in total. The maximum Gasteiger partial charge on any atom is 0.217 e. The highest BCUT2D eigenvalue weighted by atomic mass is 35.5. The molecule has 0 aromatic carbocycles. The predicted octanol–water partition coefficient (Wildman–Crippen LogP) is 3.94. The second-order valence-corrected chi connectivity index (χ2v) is 7.92. The van der Waals surface area contributed by atoms with E-state index in [2.05, 4.69) is 17.3 Å². The third-order valence-electron chi connectivity index (χ3n) is 5.68. The fourth-order valence-corrected chi connectivity index (χ4v) is 4.78. The normalized spacial score (nSPS) is 28.1. The van der Waals surface area contributed by atoms with Gasteiger partial charge in [-0.3, -0.25) is 9.48 Å². The first-order valence-electron chi connectivity index (χ1n) is 9.63. The minimum absolute atomic E-state index is 0.0287. The molecule has 2 fully saturated rings. The first-order chi connectivity index (χ1) is 12.0. The summed E-state index contributed by atoms with van der Waals surface area (Å²) in [5.41, 5.74) is 2.02. The lowest BCUT2D eigenvalue weighted by molar-refractivity contribution is -0.124. The SMILES string of the molecule is CCc1nn(C)c(Cl)c1[C@H]1C[C@@H](NC(C)=O)C[C@@H](C2CCCCC2)O1. The average Bonchev–Trinajstić information content (AvgIpc) is 2.89. The lowest BCUT2D eigenvalue weighted by atomic mass is 9.80. The highest BCUT2D eigenvalue weighted by Gasteiger charge is 2.38. The number of nitrogens with one attached hydrogen (secondary N) is 1. The highest BCUT2D eigenvalue weighted by Crippen LogP contribution is 2.41. The van der Waals surface area contributed by atoms with Crippen LogP contribution in [-0.2, 0) is 23.0 Å². The van der Waals surface area contributed by atoms with E-state index in [-0.39, 0.29) is 24.2 Å². The molecular weight excluding hydrogens is 338 g/mol. The van der Waals surface area contributed by atoms with E-state index in [0.29, 0.717) is 11.1 Å². The van der Waals surface area contributed by atoms with Gasteiger partial charge in [0.1, 0.15) is 5.15 Å². The molecule has 0 spiro atoms. The number of amides is 1. The minimum atomic E-state index is -0.0892. The summed E-state index contributed by atoms with van der Waals surface area (Å²) in [5, 5.41) is 8.33. The summed E-state index contributed by atoms with van der Waals surface area (Å²) in [6.07, 6.45) is 8.95. The summed E-state index contributed by atoms with van der Waals surface area (Å²) in [6.45, 7) is 3.68. The maximum absolute atomic E-state index is 11.6. The number of ether oxygens (including phenoxy) is 1. The van der Waals surface area contributed by atoms with Crippen molar-refractivity contribution in [1.82, 2.24) is 15.1 Å². The Morgan fingerprint density at radius 3 is 2.68 bits per heavy atom. The molecule has 3 atom stereocenters. The van der Waals surface area contributed by atoms with Crippen molar-refractivity contribution in [3.63, 3.8) is 0 Å². The van der Waals surface area contributed by atoms with Gasteiger partial charge in [-0.1, -0.05) is 37.8 Å². The third-order valence-corrected chi connectivity index (χ3v) is 6.13. The van der Waals surface area contributed by atoms with E-state index < -0.39 is 0 Å². The molecule has 5 nitrogen and oxygen atoms in total. The first-order valence-corrected chi connectivity index (χ1v) is 10.0. The van der Waals surface area contributed by atoms with Crippen LogP contribution >= 0.6 is 11.6 Å². The van der Waals surface area contributed by atoms with Gasteiger partial charge in [-0.2, -0.15) is 5.10 Å². The molecule has 140 valence electrons. The van der Waals surface area contributed by atoms with Gasteiger partial charge in [-0.25, -0.2) is 0 Å². The zero-order valence-corrected chi connectivity index (χ0v) is 16.3. The standard InChI is InChI=1S/C19H30ClN3O2/c1-4-15-18(19(20)23(3)22-15)17-11-14(21-12(2)24)10-16(25-17)13-8-6-5-7-9-13/h13-14,16-17H,4-11H2,1-3H3,(H,21,24)/t14-,16-,17+/m0/s1. The minimum Gasteiger partial charge on any atom is -0.370 e. The van der Waals surface area contributed by atoms with Crippen molar-refractivity contribution in [3.8, 4) is 0 Å². The van der Waals surface area contributed by atoms with Crippen LogP contribution in [0.1, 0.15) is 76.2 Å².